The van der Waals surface area contributed by atoms with Gasteiger partial charge in [-0.15, -0.1) is 0 Å². The Bertz CT molecular complexity index is 814. The Morgan fingerprint density at radius 1 is 1.16 bits per heavy atom. The number of anilines is 1. The SMILES string of the molecule is O=C(CC1SC(=S)N(Cc2ccccc2)C1=O)Nc1ccccc1Br. The summed E-state index contributed by atoms with van der Waals surface area (Å²) in [5.41, 5.74) is 1.70. The van der Waals surface area contributed by atoms with Gasteiger partial charge in [-0.05, 0) is 33.6 Å². The molecular formula is C18H15BrN2O2S2. The van der Waals surface area contributed by atoms with Crippen molar-refractivity contribution in [2.45, 2.75) is 18.2 Å². The maximum atomic E-state index is 12.6. The van der Waals surface area contributed by atoms with E-state index in [0.29, 0.717) is 16.6 Å². The summed E-state index contributed by atoms with van der Waals surface area (Å²) in [6, 6.07) is 17.0. The fourth-order valence-corrected chi connectivity index (χ4v) is 4.34. The Morgan fingerprint density at radius 2 is 1.84 bits per heavy atom. The van der Waals surface area contributed by atoms with E-state index in [1.165, 1.54) is 11.8 Å². The Balaban J connectivity index is 1.62. The summed E-state index contributed by atoms with van der Waals surface area (Å²) >= 11 is 9.99. The van der Waals surface area contributed by atoms with E-state index in [1.807, 2.05) is 48.5 Å². The number of rotatable bonds is 5. The highest BCUT2D eigenvalue weighted by Crippen LogP contribution is 2.31. The topological polar surface area (TPSA) is 49.4 Å². The van der Waals surface area contributed by atoms with E-state index in [2.05, 4.69) is 21.2 Å². The molecule has 1 aliphatic rings. The molecule has 1 aliphatic heterocycles. The fourth-order valence-electron chi connectivity index (χ4n) is 2.47. The maximum absolute atomic E-state index is 12.6. The summed E-state index contributed by atoms with van der Waals surface area (Å²) in [6.45, 7) is 0.438. The van der Waals surface area contributed by atoms with E-state index in [-0.39, 0.29) is 18.2 Å². The zero-order chi connectivity index (χ0) is 17.8. The minimum Gasteiger partial charge on any atom is -0.325 e. The molecule has 128 valence electrons. The van der Waals surface area contributed by atoms with Crippen molar-refractivity contribution in [3.05, 3.63) is 64.6 Å². The van der Waals surface area contributed by atoms with Crippen LogP contribution in [0.25, 0.3) is 0 Å². The van der Waals surface area contributed by atoms with Gasteiger partial charge in [0.1, 0.15) is 4.32 Å². The summed E-state index contributed by atoms with van der Waals surface area (Å²) in [5, 5.41) is 2.35. The van der Waals surface area contributed by atoms with Crippen LogP contribution in [0.4, 0.5) is 5.69 Å². The molecule has 0 radical (unpaired) electrons. The molecule has 4 nitrogen and oxygen atoms in total. The molecule has 1 saturated heterocycles. The average molecular weight is 435 g/mol. The molecule has 1 atom stereocenters. The fraction of sp³-hybridized carbons (Fsp3) is 0.167. The second-order valence-electron chi connectivity index (χ2n) is 5.51. The Labute approximate surface area is 164 Å². The Kier molecular flexibility index (Phi) is 5.88. The zero-order valence-electron chi connectivity index (χ0n) is 13.1. The molecule has 0 spiro atoms. The highest BCUT2D eigenvalue weighted by Gasteiger charge is 2.38. The van der Waals surface area contributed by atoms with E-state index in [4.69, 9.17) is 12.2 Å². The molecule has 0 aromatic heterocycles. The lowest BCUT2D eigenvalue weighted by molar-refractivity contribution is -0.128. The lowest BCUT2D eigenvalue weighted by Crippen LogP contribution is -2.32. The molecule has 1 fully saturated rings. The van der Waals surface area contributed by atoms with Crippen molar-refractivity contribution in [3.63, 3.8) is 0 Å². The first kappa shape index (κ1) is 18.1. The summed E-state index contributed by atoms with van der Waals surface area (Å²) in [7, 11) is 0. The van der Waals surface area contributed by atoms with Crippen LogP contribution in [0.5, 0.6) is 0 Å². The van der Waals surface area contributed by atoms with Crippen molar-refractivity contribution >= 4 is 61.7 Å². The number of thiocarbonyl (C=S) groups is 1. The molecule has 1 heterocycles. The van der Waals surface area contributed by atoms with E-state index in [1.54, 1.807) is 11.0 Å². The second-order valence-corrected chi connectivity index (χ2v) is 8.21. The van der Waals surface area contributed by atoms with E-state index in [0.717, 1.165) is 10.0 Å². The Morgan fingerprint density at radius 3 is 2.56 bits per heavy atom. The van der Waals surface area contributed by atoms with Gasteiger partial charge >= 0.3 is 0 Å². The predicted molar refractivity (Wildman–Crippen MR) is 108 cm³/mol. The number of para-hydroxylation sites is 1. The van der Waals surface area contributed by atoms with Gasteiger partial charge in [0, 0.05) is 10.9 Å². The molecule has 3 rings (SSSR count). The number of amides is 2. The smallest absolute Gasteiger partial charge is 0.242 e. The van der Waals surface area contributed by atoms with Crippen LogP contribution in [0, 0.1) is 0 Å². The molecule has 1 unspecified atom stereocenters. The molecule has 2 aromatic carbocycles. The van der Waals surface area contributed by atoms with Gasteiger partial charge in [-0.25, -0.2) is 0 Å². The summed E-state index contributed by atoms with van der Waals surface area (Å²) in [6.07, 6.45) is 0.0935. The monoisotopic (exact) mass is 434 g/mol. The average Bonchev–Trinajstić information content (AvgIpc) is 2.85. The van der Waals surface area contributed by atoms with Crippen molar-refractivity contribution in [1.29, 1.82) is 0 Å². The highest BCUT2D eigenvalue weighted by molar-refractivity contribution is 9.10. The molecule has 2 aromatic rings. The number of nitrogens with zero attached hydrogens (tertiary/aromatic N) is 1. The molecular weight excluding hydrogens is 420 g/mol. The number of nitrogens with one attached hydrogen (secondary N) is 1. The van der Waals surface area contributed by atoms with Crippen LogP contribution in [0.15, 0.2) is 59.1 Å². The van der Waals surface area contributed by atoms with Crippen molar-refractivity contribution in [1.82, 2.24) is 4.90 Å². The first-order valence-electron chi connectivity index (χ1n) is 7.65. The summed E-state index contributed by atoms with van der Waals surface area (Å²) < 4.78 is 1.32. The zero-order valence-corrected chi connectivity index (χ0v) is 16.4. The van der Waals surface area contributed by atoms with Gasteiger partial charge < -0.3 is 5.32 Å². The van der Waals surface area contributed by atoms with Crippen LogP contribution >= 0.6 is 39.9 Å². The predicted octanol–water partition coefficient (Wildman–Crippen LogP) is 4.21. The van der Waals surface area contributed by atoms with Gasteiger partial charge in [0.15, 0.2) is 0 Å². The molecule has 0 bridgehead atoms. The number of hydrogen-bond acceptors (Lipinski definition) is 4. The highest BCUT2D eigenvalue weighted by atomic mass is 79.9. The number of hydrogen-bond donors (Lipinski definition) is 1. The molecule has 25 heavy (non-hydrogen) atoms. The van der Waals surface area contributed by atoms with Crippen molar-refractivity contribution < 1.29 is 9.59 Å². The molecule has 2 amide bonds. The van der Waals surface area contributed by atoms with Crippen LogP contribution in [-0.2, 0) is 16.1 Å². The molecule has 0 aliphatic carbocycles. The molecule has 0 saturated carbocycles. The van der Waals surface area contributed by atoms with Gasteiger partial charge in [0.05, 0.1) is 17.5 Å². The first-order chi connectivity index (χ1) is 12.0. The number of thioether (sulfide) groups is 1. The van der Waals surface area contributed by atoms with Crippen molar-refractivity contribution in [3.8, 4) is 0 Å². The molecule has 1 N–H and O–H groups in total. The van der Waals surface area contributed by atoms with Crippen LogP contribution < -0.4 is 5.32 Å². The quantitative estimate of drug-likeness (QED) is 0.716. The number of carbonyl (C=O) groups excluding carboxylic acids is 2. The van der Waals surface area contributed by atoms with Gasteiger partial charge in [-0.3, -0.25) is 14.5 Å². The van der Waals surface area contributed by atoms with E-state index < -0.39 is 5.25 Å². The first-order valence-corrected chi connectivity index (χ1v) is 9.73. The number of carbonyl (C=O) groups is 2. The van der Waals surface area contributed by atoms with Gasteiger partial charge in [-0.1, -0.05) is 66.4 Å². The third kappa shape index (κ3) is 4.48. The summed E-state index contributed by atoms with van der Waals surface area (Å²) in [5.74, 6) is -0.316. The number of benzene rings is 2. The lowest BCUT2D eigenvalue weighted by Gasteiger charge is -2.15. The van der Waals surface area contributed by atoms with Crippen LogP contribution in [0.2, 0.25) is 0 Å². The largest absolute Gasteiger partial charge is 0.325 e. The van der Waals surface area contributed by atoms with Crippen LogP contribution in [0.1, 0.15) is 12.0 Å². The normalized spacial score (nSPS) is 17.0. The second kappa shape index (κ2) is 8.12. The standard InChI is InChI=1S/C18H15BrN2O2S2/c19-13-8-4-5-9-14(13)20-16(22)10-15-17(23)21(18(24)25-15)11-12-6-2-1-3-7-12/h1-9,15H,10-11H2,(H,20,22). The summed E-state index contributed by atoms with van der Waals surface area (Å²) in [4.78, 5) is 26.5. The number of halogens is 1. The van der Waals surface area contributed by atoms with E-state index in [9.17, 15) is 9.59 Å². The van der Waals surface area contributed by atoms with E-state index >= 15 is 0 Å². The minimum atomic E-state index is -0.473. The van der Waals surface area contributed by atoms with Crippen molar-refractivity contribution in [2.24, 2.45) is 0 Å². The van der Waals surface area contributed by atoms with Crippen LogP contribution in [0.3, 0.4) is 0 Å². The lowest BCUT2D eigenvalue weighted by atomic mass is 10.2. The Hall–Kier alpha value is -1.70. The van der Waals surface area contributed by atoms with Gasteiger partial charge in [0.2, 0.25) is 11.8 Å². The van der Waals surface area contributed by atoms with Crippen molar-refractivity contribution in [2.75, 3.05) is 5.32 Å². The van der Waals surface area contributed by atoms with Gasteiger partial charge in [-0.2, -0.15) is 0 Å². The third-order valence-corrected chi connectivity index (χ3v) is 5.98. The van der Waals surface area contributed by atoms with Crippen LogP contribution in [-0.4, -0.2) is 26.3 Å². The molecule has 7 heteroatoms. The maximum Gasteiger partial charge on any atom is 0.242 e. The minimum absolute atomic E-state index is 0.0935. The van der Waals surface area contributed by atoms with Gasteiger partial charge in [0.25, 0.3) is 0 Å². The third-order valence-electron chi connectivity index (χ3n) is 3.71.